The molecule has 0 fully saturated rings. The van der Waals surface area contributed by atoms with Crippen molar-refractivity contribution in [2.24, 2.45) is 17.2 Å². The van der Waals surface area contributed by atoms with Gasteiger partial charge in [0.15, 0.2) is 0 Å². The van der Waals surface area contributed by atoms with E-state index in [0.717, 1.165) is 11.1 Å². The van der Waals surface area contributed by atoms with E-state index in [1.165, 1.54) is 53.0 Å². The second kappa shape index (κ2) is 38.2. The lowest BCUT2D eigenvalue weighted by Crippen LogP contribution is -2.53. The predicted molar refractivity (Wildman–Crippen MR) is 354 cm³/mol. The molecule has 5 rings (SSSR count). The molecule has 0 radical (unpaired) electrons. The SMILES string of the molecule is CC(=O)CN(C(=O)CN(CCCCN)C(=O)CN(C(=O)CN(C(=O)CN(CCCCN)C(=O)CN(C(=O)CN(CCCCN)C(=O)CN(C(C)=O)[C@@H](C)c1ccccc1)[C@@H](C)c1ccccc1)[C@@H](C)c1ccccc1)[C@@H](C)c1ccccc1)[C@@H](C)c1ccccc1. The molecule has 20 nitrogen and oxygen atoms in total. The van der Waals surface area contributed by atoms with Crippen molar-refractivity contribution in [3.63, 3.8) is 0 Å². The fourth-order valence-electron chi connectivity index (χ4n) is 11.0. The van der Waals surface area contributed by atoms with Crippen molar-refractivity contribution in [2.45, 2.75) is 117 Å². The number of nitrogens with zero attached hydrogens (tertiary/aromatic N) is 8. The average Bonchev–Trinajstić information content (AvgIpc) is 1.15. The van der Waals surface area contributed by atoms with Crippen molar-refractivity contribution in [2.75, 3.05) is 91.6 Å². The summed E-state index contributed by atoms with van der Waals surface area (Å²) in [5, 5.41) is 0. The van der Waals surface area contributed by atoms with E-state index in [2.05, 4.69) is 0 Å². The van der Waals surface area contributed by atoms with Gasteiger partial charge in [0.2, 0.25) is 47.3 Å². The van der Waals surface area contributed by atoms with Gasteiger partial charge >= 0.3 is 0 Å². The average molecular weight is 1250 g/mol. The minimum atomic E-state index is -0.749. The van der Waals surface area contributed by atoms with Gasteiger partial charge in [0.25, 0.3) is 0 Å². The van der Waals surface area contributed by atoms with Crippen LogP contribution in [0.2, 0.25) is 0 Å². The van der Waals surface area contributed by atoms with Crippen molar-refractivity contribution in [3.8, 4) is 0 Å². The number of Topliss-reactive ketones (excluding diaryl/α,β-unsaturated/α-hetero) is 1. The van der Waals surface area contributed by atoms with Crippen LogP contribution in [-0.4, -0.2) is 184 Å². The van der Waals surface area contributed by atoms with Crippen LogP contribution in [0.5, 0.6) is 0 Å². The van der Waals surface area contributed by atoms with Gasteiger partial charge in [-0.1, -0.05) is 152 Å². The number of nitrogens with two attached hydrogens (primary N) is 3. The number of unbranched alkanes of at least 4 members (excludes halogenated alkanes) is 3. The molecule has 0 bridgehead atoms. The zero-order chi connectivity index (χ0) is 66.4. The fraction of sp³-hybridized carbons (Fsp3) is 0.451. The summed E-state index contributed by atoms with van der Waals surface area (Å²) in [4.78, 5) is 142. The molecule has 0 aliphatic heterocycles. The third kappa shape index (κ3) is 22.7. The molecular weight excluding hydrogens is 1150 g/mol. The zero-order valence-corrected chi connectivity index (χ0v) is 54.4. The van der Waals surface area contributed by atoms with Crippen molar-refractivity contribution in [1.29, 1.82) is 0 Å². The Morgan fingerprint density at radius 2 is 0.495 bits per heavy atom. The summed E-state index contributed by atoms with van der Waals surface area (Å²) in [6, 6.07) is 42.9. The summed E-state index contributed by atoms with van der Waals surface area (Å²) in [5.74, 6) is -4.33. The molecule has 91 heavy (non-hydrogen) atoms. The first-order valence-electron chi connectivity index (χ1n) is 31.8. The van der Waals surface area contributed by atoms with E-state index in [1.54, 1.807) is 20.8 Å². The number of hydrogen-bond acceptors (Lipinski definition) is 12. The molecule has 0 aliphatic rings. The lowest BCUT2D eigenvalue weighted by atomic mass is 10.1. The van der Waals surface area contributed by atoms with E-state index in [0.29, 0.717) is 74.8 Å². The number of benzene rings is 5. The van der Waals surface area contributed by atoms with E-state index >= 15 is 19.2 Å². The van der Waals surface area contributed by atoms with Crippen molar-refractivity contribution >= 4 is 53.0 Å². The molecule has 0 aromatic heterocycles. The number of hydrogen-bond donors (Lipinski definition) is 3. The Hall–Kier alpha value is -8.59. The predicted octanol–water partition coefficient (Wildman–Crippen LogP) is 7.25. The highest BCUT2D eigenvalue weighted by Crippen LogP contribution is 2.28. The van der Waals surface area contributed by atoms with Gasteiger partial charge < -0.3 is 56.4 Å². The van der Waals surface area contributed by atoms with Crippen LogP contribution >= 0.6 is 0 Å². The Labute approximate surface area is 538 Å². The third-order valence-electron chi connectivity index (χ3n) is 16.7. The minimum absolute atomic E-state index is 0.0631. The minimum Gasteiger partial charge on any atom is -0.332 e. The Bertz CT molecular complexity index is 3090. The van der Waals surface area contributed by atoms with Gasteiger partial charge in [0, 0.05) is 26.6 Å². The summed E-state index contributed by atoms with van der Waals surface area (Å²) in [6.45, 7) is 9.82. The summed E-state index contributed by atoms with van der Waals surface area (Å²) < 4.78 is 0. The van der Waals surface area contributed by atoms with Gasteiger partial charge in [-0.3, -0.25) is 43.2 Å². The van der Waals surface area contributed by atoms with E-state index in [9.17, 15) is 24.0 Å². The Balaban J connectivity index is 1.50. The zero-order valence-electron chi connectivity index (χ0n) is 54.4. The van der Waals surface area contributed by atoms with E-state index in [-0.39, 0.29) is 51.0 Å². The molecule has 8 amide bonds. The fourth-order valence-corrected chi connectivity index (χ4v) is 11.0. The standard InChI is InChI=1S/C71H97N11O9/c1-53(83)45-79(55(3)61-31-15-9-16-32-61)68(88)46-76(43-27-24-40-73)67(87)51-81(57(5)63-35-19-11-20-36-63)71(91)52-82(58(6)64-37-21-12-22-38-64)70(90)48-77(44-28-25-41-74)66(86)50-80(56(4)62-33-17-10-18-34-62)69(89)47-75(42-26-23-39-72)65(85)49-78(59(7)84)54(2)60-29-13-8-14-30-60/h8-22,29-38,54-58H,23-28,39-52,72-74H2,1-7H3/t54-,55-,56-,57-,58-/m0/s1. The first kappa shape index (κ1) is 73.1. The second-order valence-corrected chi connectivity index (χ2v) is 23.3. The monoisotopic (exact) mass is 1250 g/mol. The smallest absolute Gasteiger partial charge is 0.243 e. The molecule has 5 aromatic carbocycles. The maximum atomic E-state index is 15.4. The molecule has 5 aromatic rings. The molecule has 0 unspecified atom stereocenters. The van der Waals surface area contributed by atoms with E-state index in [4.69, 9.17) is 17.2 Å². The molecule has 0 aliphatic carbocycles. The van der Waals surface area contributed by atoms with E-state index < -0.39 is 104 Å². The number of ketones is 1. The van der Waals surface area contributed by atoms with E-state index in [1.807, 2.05) is 166 Å². The molecule has 0 spiro atoms. The first-order chi connectivity index (χ1) is 43.7. The van der Waals surface area contributed by atoms with Gasteiger partial charge in [-0.15, -0.1) is 0 Å². The molecule has 0 saturated heterocycles. The third-order valence-corrected chi connectivity index (χ3v) is 16.7. The Morgan fingerprint density at radius 1 is 0.286 bits per heavy atom. The van der Waals surface area contributed by atoms with Crippen molar-refractivity contribution in [3.05, 3.63) is 179 Å². The van der Waals surface area contributed by atoms with Gasteiger partial charge in [0.05, 0.1) is 56.4 Å². The van der Waals surface area contributed by atoms with Gasteiger partial charge in [-0.2, -0.15) is 0 Å². The summed E-state index contributed by atoms with van der Waals surface area (Å²) in [5.41, 5.74) is 21.6. The first-order valence-corrected chi connectivity index (χ1v) is 31.8. The quantitative estimate of drug-likeness (QED) is 0.0331. The molecular formula is C71H97N11O9. The van der Waals surface area contributed by atoms with Crippen LogP contribution in [-0.2, 0) is 43.2 Å². The lowest BCUT2D eigenvalue weighted by molar-refractivity contribution is -0.151. The summed E-state index contributed by atoms with van der Waals surface area (Å²) >= 11 is 0. The normalized spacial score (nSPS) is 12.7. The van der Waals surface area contributed by atoms with Crippen LogP contribution in [0.3, 0.4) is 0 Å². The molecule has 5 atom stereocenters. The molecule has 20 heteroatoms. The van der Waals surface area contributed by atoms with Gasteiger partial charge in [-0.25, -0.2) is 0 Å². The van der Waals surface area contributed by atoms with Crippen LogP contribution in [0.15, 0.2) is 152 Å². The highest BCUT2D eigenvalue weighted by Gasteiger charge is 2.36. The van der Waals surface area contributed by atoms with Crippen molar-refractivity contribution in [1.82, 2.24) is 39.2 Å². The maximum Gasteiger partial charge on any atom is 0.243 e. The van der Waals surface area contributed by atoms with Crippen LogP contribution < -0.4 is 17.2 Å². The van der Waals surface area contributed by atoms with Crippen LogP contribution in [0.25, 0.3) is 0 Å². The molecule has 0 saturated carbocycles. The highest BCUT2D eigenvalue weighted by molar-refractivity contribution is 5.94. The van der Waals surface area contributed by atoms with Crippen molar-refractivity contribution < 1.29 is 43.2 Å². The van der Waals surface area contributed by atoms with Crippen LogP contribution in [0.1, 0.15) is 145 Å². The topological polar surface area (TPSA) is 258 Å². The largest absolute Gasteiger partial charge is 0.332 e. The number of rotatable bonds is 38. The van der Waals surface area contributed by atoms with Gasteiger partial charge in [0.1, 0.15) is 32.0 Å². The molecule has 490 valence electrons. The Morgan fingerprint density at radius 3 is 0.725 bits per heavy atom. The van der Waals surface area contributed by atoms with Gasteiger partial charge in [-0.05, 0) is 128 Å². The number of carbonyl (C=O) groups excluding carboxylic acids is 9. The number of amides is 8. The Kier molecular flexibility index (Phi) is 30.7. The lowest BCUT2D eigenvalue weighted by Gasteiger charge is -2.37. The molecule has 6 N–H and O–H groups in total. The maximum absolute atomic E-state index is 15.4. The highest BCUT2D eigenvalue weighted by atomic mass is 16.2. The molecule has 0 heterocycles. The summed E-state index contributed by atoms with van der Waals surface area (Å²) in [7, 11) is 0. The second-order valence-electron chi connectivity index (χ2n) is 23.3. The van der Waals surface area contributed by atoms with Crippen LogP contribution in [0, 0.1) is 0 Å². The number of carbonyl (C=O) groups is 9. The van der Waals surface area contributed by atoms with Crippen LogP contribution in [0.4, 0.5) is 0 Å². The summed E-state index contributed by atoms with van der Waals surface area (Å²) in [6.07, 6.45) is 2.93.